The Morgan fingerprint density at radius 1 is 1.62 bits per heavy atom. The highest BCUT2D eigenvalue weighted by atomic mass is 16.7. The van der Waals surface area contributed by atoms with E-state index in [0.717, 1.165) is 11.4 Å². The van der Waals surface area contributed by atoms with Crippen molar-refractivity contribution in [1.82, 2.24) is 9.94 Å². The van der Waals surface area contributed by atoms with Crippen molar-refractivity contribution in [1.29, 1.82) is 0 Å². The van der Waals surface area contributed by atoms with Crippen LogP contribution in [0, 0.1) is 6.92 Å². The van der Waals surface area contributed by atoms with Gasteiger partial charge in [0, 0.05) is 6.92 Å². The zero-order valence-electron chi connectivity index (χ0n) is 8.37. The van der Waals surface area contributed by atoms with Gasteiger partial charge in [0.25, 0.3) is 0 Å². The van der Waals surface area contributed by atoms with E-state index in [0.29, 0.717) is 5.92 Å². The van der Waals surface area contributed by atoms with E-state index in [2.05, 4.69) is 5.10 Å². The smallest absolute Gasteiger partial charge is 0.319 e. The second kappa shape index (κ2) is 3.60. The Kier molecular flexibility index (Phi) is 2.70. The molecule has 0 bridgehead atoms. The van der Waals surface area contributed by atoms with E-state index in [1.807, 2.05) is 26.8 Å². The average molecular weight is 182 g/mol. The molecule has 0 N–H and O–H groups in total. The summed E-state index contributed by atoms with van der Waals surface area (Å²) in [7, 11) is 0. The van der Waals surface area contributed by atoms with Gasteiger partial charge in [-0.1, -0.05) is 18.7 Å². The van der Waals surface area contributed by atoms with Gasteiger partial charge in [-0.25, -0.2) is 4.79 Å². The van der Waals surface area contributed by atoms with Gasteiger partial charge < -0.3 is 4.84 Å². The molecule has 0 saturated carbocycles. The molecule has 0 aliphatic rings. The van der Waals surface area contributed by atoms with Gasteiger partial charge in [0.15, 0.2) is 0 Å². The Morgan fingerprint density at radius 2 is 2.23 bits per heavy atom. The van der Waals surface area contributed by atoms with E-state index < -0.39 is 0 Å². The van der Waals surface area contributed by atoms with Crippen LogP contribution in [0.15, 0.2) is 6.07 Å². The Hall–Kier alpha value is -1.32. The largest absolute Gasteiger partial charge is 0.331 e. The molecule has 0 fully saturated rings. The average Bonchev–Trinajstić information content (AvgIpc) is 2.31. The summed E-state index contributed by atoms with van der Waals surface area (Å²) in [4.78, 5) is 16.8. The van der Waals surface area contributed by atoms with Crippen molar-refractivity contribution in [3.05, 3.63) is 17.5 Å². The molecule has 0 saturated heterocycles. The lowest BCUT2D eigenvalue weighted by molar-refractivity contribution is -0.143. The summed E-state index contributed by atoms with van der Waals surface area (Å²) < 4.78 is 0. The summed E-state index contributed by atoms with van der Waals surface area (Å²) in [6.07, 6.45) is 0. The fraction of sp³-hybridized carbons (Fsp3) is 0.556. The number of carbonyl (C=O) groups excluding carboxylic acids is 1. The zero-order chi connectivity index (χ0) is 10.0. The maximum Gasteiger partial charge on any atom is 0.331 e. The Balaban J connectivity index is 2.89. The second-order valence-corrected chi connectivity index (χ2v) is 3.32. The van der Waals surface area contributed by atoms with Crippen LogP contribution >= 0.6 is 0 Å². The van der Waals surface area contributed by atoms with E-state index in [9.17, 15) is 4.79 Å². The third-order valence-electron chi connectivity index (χ3n) is 1.67. The van der Waals surface area contributed by atoms with Gasteiger partial charge in [-0.15, -0.1) is 5.10 Å². The first-order valence-electron chi connectivity index (χ1n) is 4.26. The lowest BCUT2D eigenvalue weighted by Gasteiger charge is -2.01. The van der Waals surface area contributed by atoms with E-state index in [1.54, 1.807) is 0 Å². The van der Waals surface area contributed by atoms with Gasteiger partial charge in [-0.05, 0) is 18.9 Å². The molecule has 1 aromatic rings. The number of hydrogen-bond donors (Lipinski definition) is 0. The highest BCUT2D eigenvalue weighted by Gasteiger charge is 2.09. The van der Waals surface area contributed by atoms with Crippen LogP contribution in [0.5, 0.6) is 0 Å². The summed E-state index contributed by atoms with van der Waals surface area (Å²) in [5.74, 6) is -0.0167. The molecule has 0 unspecified atom stereocenters. The summed E-state index contributed by atoms with van der Waals surface area (Å²) >= 11 is 0. The summed E-state index contributed by atoms with van der Waals surface area (Å²) in [5, 5.41) is 4.12. The molecule has 0 radical (unpaired) electrons. The Morgan fingerprint density at radius 3 is 2.62 bits per heavy atom. The van der Waals surface area contributed by atoms with Crippen LogP contribution in [-0.4, -0.2) is 15.9 Å². The first-order valence-corrected chi connectivity index (χ1v) is 4.26. The van der Waals surface area contributed by atoms with Gasteiger partial charge in [0.05, 0.1) is 11.4 Å². The molecule has 1 rings (SSSR count). The molecule has 0 atom stereocenters. The van der Waals surface area contributed by atoms with E-state index >= 15 is 0 Å². The molecule has 1 aromatic heterocycles. The van der Waals surface area contributed by atoms with Crippen LogP contribution in [0.1, 0.15) is 38.1 Å². The minimum Gasteiger partial charge on any atom is -0.319 e. The highest BCUT2D eigenvalue weighted by molar-refractivity contribution is 5.66. The van der Waals surface area contributed by atoms with E-state index in [4.69, 9.17) is 4.84 Å². The fourth-order valence-corrected chi connectivity index (χ4v) is 0.978. The van der Waals surface area contributed by atoms with Crippen molar-refractivity contribution in [3.8, 4) is 0 Å². The standard InChI is InChI=1S/C9H14N2O2/c1-6(2)9-5-7(3)11(10-9)13-8(4)12/h5-6H,1-4H3. The van der Waals surface area contributed by atoms with Crippen LogP contribution in [-0.2, 0) is 4.79 Å². The number of rotatable bonds is 2. The van der Waals surface area contributed by atoms with Crippen molar-refractivity contribution < 1.29 is 9.63 Å². The minimum absolute atomic E-state index is 0.343. The third-order valence-corrected chi connectivity index (χ3v) is 1.67. The van der Waals surface area contributed by atoms with Crippen LogP contribution < -0.4 is 4.84 Å². The van der Waals surface area contributed by atoms with Crippen LogP contribution in [0.4, 0.5) is 0 Å². The minimum atomic E-state index is -0.360. The van der Waals surface area contributed by atoms with Crippen molar-refractivity contribution in [2.75, 3.05) is 0 Å². The molecule has 0 aromatic carbocycles. The molecule has 0 aliphatic heterocycles. The molecular formula is C9H14N2O2. The highest BCUT2D eigenvalue weighted by Crippen LogP contribution is 2.12. The monoisotopic (exact) mass is 182 g/mol. The fourth-order valence-electron chi connectivity index (χ4n) is 0.978. The predicted octanol–water partition coefficient (Wildman–Crippen LogP) is 1.29. The van der Waals surface area contributed by atoms with Gasteiger partial charge in [0.2, 0.25) is 0 Å². The van der Waals surface area contributed by atoms with Gasteiger partial charge >= 0.3 is 5.97 Å². The zero-order valence-corrected chi connectivity index (χ0v) is 8.37. The maximum atomic E-state index is 10.7. The lowest BCUT2D eigenvalue weighted by atomic mass is 10.1. The molecule has 72 valence electrons. The quantitative estimate of drug-likeness (QED) is 0.692. The third kappa shape index (κ3) is 2.31. The van der Waals surface area contributed by atoms with Crippen LogP contribution in [0.2, 0.25) is 0 Å². The topological polar surface area (TPSA) is 44.1 Å². The number of aromatic nitrogens is 2. The summed E-state index contributed by atoms with van der Waals surface area (Å²) in [6, 6.07) is 1.91. The van der Waals surface area contributed by atoms with E-state index in [1.165, 1.54) is 11.8 Å². The number of hydrogen-bond acceptors (Lipinski definition) is 3. The molecule has 13 heavy (non-hydrogen) atoms. The number of aryl methyl sites for hydroxylation is 1. The molecule has 0 amide bonds. The van der Waals surface area contributed by atoms with Crippen molar-refractivity contribution in [2.24, 2.45) is 0 Å². The Labute approximate surface area is 77.5 Å². The SMILES string of the molecule is CC(=O)On1nc(C(C)C)cc1C. The summed E-state index contributed by atoms with van der Waals surface area (Å²) in [6.45, 7) is 7.29. The molecule has 4 heteroatoms. The normalized spacial score (nSPS) is 10.5. The van der Waals surface area contributed by atoms with Gasteiger partial charge in [-0.3, -0.25) is 0 Å². The van der Waals surface area contributed by atoms with Crippen molar-refractivity contribution >= 4 is 5.97 Å². The summed E-state index contributed by atoms with van der Waals surface area (Å²) in [5.41, 5.74) is 1.76. The molecular weight excluding hydrogens is 168 g/mol. The van der Waals surface area contributed by atoms with Gasteiger partial charge in [0.1, 0.15) is 0 Å². The van der Waals surface area contributed by atoms with Gasteiger partial charge in [-0.2, -0.15) is 0 Å². The maximum absolute atomic E-state index is 10.7. The predicted molar refractivity (Wildman–Crippen MR) is 48.3 cm³/mol. The van der Waals surface area contributed by atoms with Crippen LogP contribution in [0.3, 0.4) is 0 Å². The first-order chi connectivity index (χ1) is 6.00. The van der Waals surface area contributed by atoms with E-state index in [-0.39, 0.29) is 5.97 Å². The lowest BCUT2D eigenvalue weighted by Crippen LogP contribution is -2.19. The molecule has 4 nitrogen and oxygen atoms in total. The first kappa shape index (κ1) is 9.77. The molecule has 0 spiro atoms. The number of carbonyl (C=O) groups is 1. The van der Waals surface area contributed by atoms with Crippen molar-refractivity contribution in [3.63, 3.8) is 0 Å². The van der Waals surface area contributed by atoms with Crippen molar-refractivity contribution in [2.45, 2.75) is 33.6 Å². The second-order valence-electron chi connectivity index (χ2n) is 3.32. The Bertz CT molecular complexity index is 315. The molecule has 0 aliphatic carbocycles. The van der Waals surface area contributed by atoms with Crippen LogP contribution in [0.25, 0.3) is 0 Å². The molecule has 1 heterocycles. The number of nitrogens with zero attached hydrogens (tertiary/aromatic N) is 2.